The van der Waals surface area contributed by atoms with Crippen LogP contribution in [0.2, 0.25) is 5.02 Å². The quantitative estimate of drug-likeness (QED) is 0.293. The molecule has 232 valence electrons. The number of rotatable bonds is 11. The van der Waals surface area contributed by atoms with Crippen molar-refractivity contribution in [3.05, 3.63) is 83.4 Å². The minimum Gasteiger partial charge on any atom is -0.492 e. The molecule has 1 aliphatic heterocycles. The van der Waals surface area contributed by atoms with Gasteiger partial charge in [0.2, 0.25) is 15.9 Å². The molecule has 0 radical (unpaired) electrons. The van der Waals surface area contributed by atoms with Gasteiger partial charge in [0.25, 0.3) is 10.0 Å². The second-order valence-corrected chi connectivity index (χ2v) is 13.8. The second-order valence-electron chi connectivity index (χ2n) is 9.62. The highest BCUT2D eigenvalue weighted by molar-refractivity contribution is 7.93. The number of nitrogens with one attached hydrogen (secondary N) is 1. The molecule has 0 aliphatic carbocycles. The van der Waals surface area contributed by atoms with E-state index in [1.165, 1.54) is 52.8 Å². The summed E-state index contributed by atoms with van der Waals surface area (Å²) in [5, 5.41) is 2.18. The van der Waals surface area contributed by atoms with Gasteiger partial charge in [-0.05, 0) is 67.4 Å². The Morgan fingerprint density at radius 1 is 0.907 bits per heavy atom. The lowest BCUT2D eigenvalue weighted by atomic mass is 10.2. The first-order valence-electron chi connectivity index (χ1n) is 13.2. The molecule has 0 saturated carbocycles. The molecule has 0 spiro atoms. The molecular formula is C28H29ClF3N3O6S2. The van der Waals surface area contributed by atoms with Crippen molar-refractivity contribution in [3.8, 4) is 5.75 Å². The lowest BCUT2D eigenvalue weighted by Crippen LogP contribution is -2.42. The molecule has 43 heavy (non-hydrogen) atoms. The molecule has 4 rings (SSSR count). The van der Waals surface area contributed by atoms with Gasteiger partial charge in [0.05, 0.1) is 32.6 Å². The van der Waals surface area contributed by atoms with Crippen LogP contribution in [0.15, 0.2) is 82.6 Å². The van der Waals surface area contributed by atoms with E-state index in [2.05, 4.69) is 5.32 Å². The van der Waals surface area contributed by atoms with E-state index in [4.69, 9.17) is 16.3 Å². The van der Waals surface area contributed by atoms with Gasteiger partial charge in [0.1, 0.15) is 18.9 Å². The van der Waals surface area contributed by atoms with Crippen LogP contribution in [-0.4, -0.2) is 59.8 Å². The van der Waals surface area contributed by atoms with E-state index in [1.54, 1.807) is 6.07 Å². The molecule has 1 N–H and O–H groups in total. The first-order valence-corrected chi connectivity index (χ1v) is 16.5. The Bertz CT molecular complexity index is 1630. The molecule has 0 unspecified atom stereocenters. The molecular weight excluding hydrogens is 631 g/mol. The number of alkyl halides is 3. The van der Waals surface area contributed by atoms with E-state index in [-0.39, 0.29) is 28.0 Å². The van der Waals surface area contributed by atoms with Gasteiger partial charge in [0.15, 0.2) is 0 Å². The smallest absolute Gasteiger partial charge is 0.416 e. The molecule has 15 heteroatoms. The fourth-order valence-corrected chi connectivity index (χ4v) is 7.65. The van der Waals surface area contributed by atoms with Crippen LogP contribution in [0.25, 0.3) is 0 Å². The van der Waals surface area contributed by atoms with Crippen LogP contribution in [0.3, 0.4) is 0 Å². The van der Waals surface area contributed by atoms with E-state index in [0.717, 1.165) is 25.3 Å². The third-order valence-corrected chi connectivity index (χ3v) is 10.6. The first-order chi connectivity index (χ1) is 20.3. The molecule has 0 atom stereocenters. The van der Waals surface area contributed by atoms with Crippen molar-refractivity contribution in [1.82, 2.24) is 9.62 Å². The fourth-order valence-electron chi connectivity index (χ4n) is 4.41. The van der Waals surface area contributed by atoms with Crippen molar-refractivity contribution in [3.63, 3.8) is 0 Å². The maximum absolute atomic E-state index is 13.4. The summed E-state index contributed by atoms with van der Waals surface area (Å²) in [4.78, 5) is 12.7. The highest BCUT2D eigenvalue weighted by atomic mass is 35.5. The number of ether oxygens (including phenoxy) is 1. The van der Waals surface area contributed by atoms with Gasteiger partial charge in [-0.15, -0.1) is 0 Å². The van der Waals surface area contributed by atoms with E-state index < -0.39 is 49.9 Å². The number of benzene rings is 3. The number of carbonyl (C=O) groups excluding carboxylic acids is 1. The Kier molecular flexibility index (Phi) is 10.3. The summed E-state index contributed by atoms with van der Waals surface area (Å²) in [7, 11) is -8.10. The molecule has 1 fully saturated rings. The van der Waals surface area contributed by atoms with Crippen LogP contribution < -0.4 is 14.4 Å². The van der Waals surface area contributed by atoms with Crippen LogP contribution in [0.1, 0.15) is 24.8 Å². The number of halogens is 4. The molecule has 1 heterocycles. The number of sulfonamides is 2. The van der Waals surface area contributed by atoms with Gasteiger partial charge in [-0.3, -0.25) is 9.10 Å². The molecule has 0 aromatic heterocycles. The molecule has 1 amide bonds. The van der Waals surface area contributed by atoms with Crippen molar-refractivity contribution in [1.29, 1.82) is 0 Å². The maximum atomic E-state index is 13.4. The van der Waals surface area contributed by atoms with Gasteiger partial charge < -0.3 is 10.1 Å². The summed E-state index contributed by atoms with van der Waals surface area (Å²) in [5.74, 6) is -0.476. The normalized spacial score (nSPS) is 14.7. The summed E-state index contributed by atoms with van der Waals surface area (Å²) in [5.41, 5.74) is -1.64. The van der Waals surface area contributed by atoms with Gasteiger partial charge >= 0.3 is 6.18 Å². The highest BCUT2D eigenvalue weighted by Crippen LogP contribution is 2.37. The number of carbonyl (C=O) groups is 1. The number of amides is 1. The lowest BCUT2D eigenvalue weighted by molar-refractivity contribution is -0.137. The van der Waals surface area contributed by atoms with Gasteiger partial charge in [-0.25, -0.2) is 16.8 Å². The zero-order valence-electron chi connectivity index (χ0n) is 22.8. The van der Waals surface area contributed by atoms with Gasteiger partial charge in [-0.1, -0.05) is 36.2 Å². The van der Waals surface area contributed by atoms with Crippen molar-refractivity contribution in [2.75, 3.05) is 37.1 Å². The molecule has 3 aromatic carbocycles. The molecule has 1 saturated heterocycles. The van der Waals surface area contributed by atoms with Crippen molar-refractivity contribution in [2.45, 2.75) is 35.2 Å². The van der Waals surface area contributed by atoms with E-state index in [0.29, 0.717) is 35.3 Å². The Morgan fingerprint density at radius 3 is 2.19 bits per heavy atom. The molecule has 1 aliphatic rings. The Morgan fingerprint density at radius 2 is 1.56 bits per heavy atom. The van der Waals surface area contributed by atoms with Crippen LogP contribution in [0.4, 0.5) is 18.9 Å². The van der Waals surface area contributed by atoms with Crippen LogP contribution in [0, 0.1) is 0 Å². The van der Waals surface area contributed by atoms with Crippen molar-refractivity contribution < 1.29 is 39.5 Å². The van der Waals surface area contributed by atoms with E-state index >= 15 is 0 Å². The largest absolute Gasteiger partial charge is 0.492 e. The van der Waals surface area contributed by atoms with Crippen LogP contribution in [-0.2, 0) is 31.0 Å². The third kappa shape index (κ3) is 7.99. The summed E-state index contributed by atoms with van der Waals surface area (Å²) in [6.45, 7) is -0.0438. The zero-order chi connectivity index (χ0) is 31.3. The van der Waals surface area contributed by atoms with Gasteiger partial charge in [-0.2, -0.15) is 17.5 Å². The van der Waals surface area contributed by atoms with Crippen molar-refractivity contribution >= 4 is 43.2 Å². The Labute approximate surface area is 253 Å². The predicted molar refractivity (Wildman–Crippen MR) is 155 cm³/mol. The topological polar surface area (TPSA) is 113 Å². The average Bonchev–Trinajstić information content (AvgIpc) is 2.99. The monoisotopic (exact) mass is 659 g/mol. The minimum absolute atomic E-state index is 0.0558. The second kappa shape index (κ2) is 13.5. The Hall–Kier alpha value is -3.33. The number of piperidine rings is 1. The molecule has 0 bridgehead atoms. The first kappa shape index (κ1) is 32.6. The number of nitrogens with zero attached hydrogens (tertiary/aromatic N) is 2. The highest BCUT2D eigenvalue weighted by Gasteiger charge is 2.34. The van der Waals surface area contributed by atoms with Gasteiger partial charge in [0, 0.05) is 13.1 Å². The predicted octanol–water partition coefficient (Wildman–Crippen LogP) is 4.92. The molecule has 3 aromatic rings. The Balaban J connectivity index is 1.42. The SMILES string of the molecule is O=C(CN(c1cc(C(F)(F)F)ccc1Cl)S(=O)(=O)c1ccccc1)NCCOc1ccc(S(=O)(=O)N2CCCCC2)cc1. The summed E-state index contributed by atoms with van der Waals surface area (Å²) in [6, 6.07) is 15.0. The van der Waals surface area contributed by atoms with Crippen LogP contribution >= 0.6 is 11.6 Å². The van der Waals surface area contributed by atoms with E-state index in [1.807, 2.05) is 0 Å². The fraction of sp³-hybridized carbons (Fsp3) is 0.321. The number of anilines is 1. The molecule has 9 nitrogen and oxygen atoms in total. The van der Waals surface area contributed by atoms with E-state index in [9.17, 15) is 34.8 Å². The number of hydrogen-bond acceptors (Lipinski definition) is 6. The van der Waals surface area contributed by atoms with Crippen LogP contribution in [0.5, 0.6) is 5.75 Å². The summed E-state index contributed by atoms with van der Waals surface area (Å²) < 4.78 is 100. The minimum atomic E-state index is -4.78. The standard InChI is InChI=1S/C28H29ClF3N3O6S2/c29-25-14-9-21(28(30,31)32)19-26(25)35(43(39,40)23-7-3-1-4-8-23)20-27(36)33-15-18-41-22-10-12-24(13-11-22)42(37,38)34-16-5-2-6-17-34/h1,3-4,7-14,19H,2,5-6,15-18,20H2,(H,33,36). The summed E-state index contributed by atoms with van der Waals surface area (Å²) >= 11 is 6.13. The lowest BCUT2D eigenvalue weighted by Gasteiger charge is -2.26. The average molecular weight is 660 g/mol. The van der Waals surface area contributed by atoms with Crippen molar-refractivity contribution in [2.24, 2.45) is 0 Å². The number of hydrogen-bond donors (Lipinski definition) is 1. The maximum Gasteiger partial charge on any atom is 0.416 e. The third-order valence-electron chi connectivity index (χ3n) is 6.63. The zero-order valence-corrected chi connectivity index (χ0v) is 25.1. The summed E-state index contributed by atoms with van der Waals surface area (Å²) in [6.07, 6.45) is -2.16.